The molecule has 2 nitrogen and oxygen atoms in total. The van der Waals surface area contributed by atoms with E-state index in [2.05, 4.69) is 6.92 Å². The molecule has 1 unspecified atom stereocenters. The van der Waals surface area contributed by atoms with Crippen molar-refractivity contribution >= 4 is 17.5 Å². The van der Waals surface area contributed by atoms with Crippen LogP contribution < -0.4 is 0 Å². The summed E-state index contributed by atoms with van der Waals surface area (Å²) in [5.74, 6) is 2.58. The van der Waals surface area contributed by atoms with Crippen molar-refractivity contribution < 1.29 is 9.53 Å². The molecule has 0 radical (unpaired) electrons. The molecular formula is C15H26O2S. The van der Waals surface area contributed by atoms with Crippen molar-refractivity contribution in [1.82, 2.24) is 0 Å². The lowest BCUT2D eigenvalue weighted by molar-refractivity contribution is -0.140. The number of rotatable bonds is 5. The van der Waals surface area contributed by atoms with E-state index in [9.17, 15) is 4.79 Å². The van der Waals surface area contributed by atoms with E-state index < -0.39 is 0 Å². The molecule has 18 heavy (non-hydrogen) atoms. The first-order chi connectivity index (χ1) is 8.76. The highest BCUT2D eigenvalue weighted by molar-refractivity contribution is 7.99. The number of hydrogen-bond donors (Lipinski definition) is 0. The molecule has 0 aromatic heterocycles. The molecular weight excluding hydrogens is 244 g/mol. The van der Waals surface area contributed by atoms with Crippen LogP contribution in [0.2, 0.25) is 0 Å². The Kier molecular flexibility index (Phi) is 5.56. The first kappa shape index (κ1) is 14.4. The highest BCUT2D eigenvalue weighted by atomic mass is 32.2. The van der Waals surface area contributed by atoms with Crippen molar-refractivity contribution in [3.8, 4) is 0 Å². The number of ether oxygens (including phenoxy) is 1. The van der Waals surface area contributed by atoms with Crippen LogP contribution in [0.5, 0.6) is 0 Å². The fourth-order valence-electron chi connectivity index (χ4n) is 3.28. The van der Waals surface area contributed by atoms with E-state index in [1.807, 2.05) is 0 Å². The molecule has 1 aliphatic heterocycles. The second-order valence-electron chi connectivity index (χ2n) is 5.80. The molecule has 1 heterocycles. The third-order valence-corrected chi connectivity index (χ3v) is 5.49. The lowest BCUT2D eigenvalue weighted by Gasteiger charge is -2.43. The van der Waals surface area contributed by atoms with Gasteiger partial charge in [0.15, 0.2) is 0 Å². The van der Waals surface area contributed by atoms with E-state index in [0.717, 1.165) is 31.6 Å². The summed E-state index contributed by atoms with van der Waals surface area (Å²) < 4.78 is 6.05. The molecule has 0 aromatic carbocycles. The monoisotopic (exact) mass is 270 g/mol. The van der Waals surface area contributed by atoms with E-state index in [1.165, 1.54) is 32.1 Å². The summed E-state index contributed by atoms with van der Waals surface area (Å²) in [6, 6.07) is 0. The molecule has 1 saturated carbocycles. The summed E-state index contributed by atoms with van der Waals surface area (Å²) in [5.41, 5.74) is 0.0756. The fraction of sp³-hybridized carbons (Fsp3) is 0.933. The van der Waals surface area contributed by atoms with E-state index in [4.69, 9.17) is 4.74 Å². The van der Waals surface area contributed by atoms with Crippen molar-refractivity contribution in [2.24, 2.45) is 5.92 Å². The Morgan fingerprint density at radius 2 is 2.11 bits per heavy atom. The molecule has 0 amide bonds. The van der Waals surface area contributed by atoms with Gasteiger partial charge in [-0.25, -0.2) is 0 Å². The Bertz CT molecular complexity index is 266. The van der Waals surface area contributed by atoms with Gasteiger partial charge < -0.3 is 4.74 Å². The molecule has 1 spiro atoms. The van der Waals surface area contributed by atoms with Crippen LogP contribution in [0, 0.1) is 5.92 Å². The van der Waals surface area contributed by atoms with Gasteiger partial charge in [0.25, 0.3) is 0 Å². The van der Waals surface area contributed by atoms with Crippen LogP contribution in [0.4, 0.5) is 0 Å². The predicted octanol–water partition coefficient (Wildman–Crippen LogP) is 3.83. The topological polar surface area (TPSA) is 26.3 Å². The van der Waals surface area contributed by atoms with Gasteiger partial charge in [-0.1, -0.05) is 26.2 Å². The molecule has 2 fully saturated rings. The number of hydrogen-bond acceptors (Lipinski definition) is 3. The zero-order valence-corrected chi connectivity index (χ0v) is 12.4. The van der Waals surface area contributed by atoms with Crippen molar-refractivity contribution in [3.63, 3.8) is 0 Å². The van der Waals surface area contributed by atoms with E-state index in [1.54, 1.807) is 11.8 Å². The summed E-state index contributed by atoms with van der Waals surface area (Å²) in [4.78, 5) is 12.2. The maximum Gasteiger partial charge on any atom is 0.146 e. The third-order valence-electron chi connectivity index (χ3n) is 4.31. The van der Waals surface area contributed by atoms with Gasteiger partial charge in [-0.05, 0) is 37.9 Å². The summed E-state index contributed by atoms with van der Waals surface area (Å²) in [6.07, 6.45) is 9.38. The number of carbonyl (C=O) groups is 1. The van der Waals surface area contributed by atoms with Gasteiger partial charge in [-0.3, -0.25) is 4.79 Å². The molecule has 104 valence electrons. The maximum atomic E-state index is 12.2. The zero-order valence-electron chi connectivity index (χ0n) is 11.6. The quantitative estimate of drug-likeness (QED) is 0.710. The van der Waals surface area contributed by atoms with Gasteiger partial charge >= 0.3 is 0 Å². The molecule has 2 rings (SSSR count). The lowest BCUT2D eigenvalue weighted by atomic mass is 9.75. The average molecular weight is 270 g/mol. The van der Waals surface area contributed by atoms with Crippen molar-refractivity contribution in [2.45, 2.75) is 63.9 Å². The van der Waals surface area contributed by atoms with Crippen LogP contribution in [0.15, 0.2) is 0 Å². The Hall–Kier alpha value is -0.0200. The summed E-state index contributed by atoms with van der Waals surface area (Å²) in [6.45, 7) is 2.97. The normalized spacial score (nSPS) is 27.3. The Balaban J connectivity index is 1.83. The first-order valence-corrected chi connectivity index (χ1v) is 8.66. The summed E-state index contributed by atoms with van der Waals surface area (Å²) in [7, 11) is 0. The standard InChI is InChI=1S/C15H26O2S/c1-2-10-18-12-14(16)13-6-9-17-15(11-13)7-4-3-5-8-15/h13H,2-12H2,1H3. The van der Waals surface area contributed by atoms with Gasteiger partial charge in [0.2, 0.25) is 0 Å². The highest BCUT2D eigenvalue weighted by Gasteiger charge is 2.40. The van der Waals surface area contributed by atoms with Gasteiger partial charge in [0.05, 0.1) is 11.4 Å². The summed E-state index contributed by atoms with van der Waals surface area (Å²) in [5, 5.41) is 0. The van der Waals surface area contributed by atoms with Crippen LogP contribution in [-0.2, 0) is 9.53 Å². The first-order valence-electron chi connectivity index (χ1n) is 7.50. The van der Waals surface area contributed by atoms with Gasteiger partial charge in [-0.2, -0.15) is 11.8 Å². The molecule has 0 N–H and O–H groups in total. The minimum absolute atomic E-state index is 0.0756. The fourth-order valence-corrected chi connectivity index (χ4v) is 4.15. The van der Waals surface area contributed by atoms with Crippen LogP contribution in [-0.4, -0.2) is 29.5 Å². The molecule has 0 aromatic rings. The van der Waals surface area contributed by atoms with Gasteiger partial charge in [0.1, 0.15) is 5.78 Å². The van der Waals surface area contributed by atoms with Crippen LogP contribution in [0.3, 0.4) is 0 Å². The maximum absolute atomic E-state index is 12.2. The van der Waals surface area contributed by atoms with Crippen LogP contribution in [0.1, 0.15) is 58.3 Å². The van der Waals surface area contributed by atoms with E-state index >= 15 is 0 Å². The highest BCUT2D eigenvalue weighted by Crippen LogP contribution is 2.41. The molecule has 1 saturated heterocycles. The van der Waals surface area contributed by atoms with Crippen molar-refractivity contribution in [2.75, 3.05) is 18.1 Å². The minimum atomic E-state index is 0.0756. The number of ketones is 1. The van der Waals surface area contributed by atoms with Crippen molar-refractivity contribution in [3.05, 3.63) is 0 Å². The van der Waals surface area contributed by atoms with E-state index in [0.29, 0.717) is 11.5 Å². The molecule has 2 aliphatic rings. The smallest absolute Gasteiger partial charge is 0.146 e. The average Bonchev–Trinajstić information content (AvgIpc) is 2.40. The second kappa shape index (κ2) is 6.95. The predicted molar refractivity (Wildman–Crippen MR) is 77.1 cm³/mol. The SMILES string of the molecule is CCCSCC(=O)C1CCOC2(CCCCC2)C1. The third kappa shape index (κ3) is 3.74. The zero-order chi connectivity index (χ0) is 12.8. The lowest BCUT2D eigenvalue weighted by Crippen LogP contribution is -2.43. The van der Waals surface area contributed by atoms with Crippen LogP contribution >= 0.6 is 11.8 Å². The van der Waals surface area contributed by atoms with Gasteiger partial charge in [-0.15, -0.1) is 0 Å². The molecule has 3 heteroatoms. The molecule has 1 aliphatic carbocycles. The Morgan fingerprint density at radius 3 is 2.83 bits per heavy atom. The number of carbonyl (C=O) groups excluding carboxylic acids is 1. The second-order valence-corrected chi connectivity index (χ2v) is 6.91. The number of thioether (sulfide) groups is 1. The Labute approximate surface area is 115 Å². The van der Waals surface area contributed by atoms with Crippen LogP contribution in [0.25, 0.3) is 0 Å². The van der Waals surface area contributed by atoms with Crippen molar-refractivity contribution in [1.29, 1.82) is 0 Å². The summed E-state index contributed by atoms with van der Waals surface area (Å²) >= 11 is 1.80. The van der Waals surface area contributed by atoms with Gasteiger partial charge in [0, 0.05) is 12.5 Å². The van der Waals surface area contributed by atoms with E-state index in [-0.39, 0.29) is 11.5 Å². The number of Topliss-reactive ketones (excluding diaryl/α,β-unsaturated/α-hetero) is 1. The largest absolute Gasteiger partial charge is 0.375 e. The molecule has 1 atom stereocenters. The Morgan fingerprint density at radius 1 is 1.33 bits per heavy atom. The molecule has 0 bridgehead atoms. The minimum Gasteiger partial charge on any atom is -0.375 e.